The normalized spacial score (nSPS) is 12.1. The fourth-order valence-corrected chi connectivity index (χ4v) is 1.44. The van der Waals surface area contributed by atoms with E-state index < -0.39 is 0 Å². The van der Waals surface area contributed by atoms with Crippen molar-refractivity contribution in [3.63, 3.8) is 0 Å². The first kappa shape index (κ1) is 11.3. The van der Waals surface area contributed by atoms with Gasteiger partial charge in [0.15, 0.2) is 0 Å². The second-order valence-corrected chi connectivity index (χ2v) is 3.78. The first-order valence-corrected chi connectivity index (χ1v) is 5.32. The molecule has 0 aliphatic heterocycles. The highest BCUT2D eigenvalue weighted by atomic mass is 16.5. The van der Waals surface area contributed by atoms with E-state index in [9.17, 15) is 4.79 Å². The highest BCUT2D eigenvalue weighted by molar-refractivity contribution is 5.91. The number of aryl methyl sites for hydroxylation is 1. The zero-order valence-corrected chi connectivity index (χ0v) is 9.68. The highest BCUT2D eigenvalue weighted by Gasteiger charge is 2.15. The van der Waals surface area contributed by atoms with E-state index in [0.29, 0.717) is 5.69 Å². The Morgan fingerprint density at radius 1 is 1.47 bits per heavy atom. The molecule has 1 atom stereocenters. The average Bonchev–Trinajstić information content (AvgIpc) is 2.77. The maximum absolute atomic E-state index is 11.8. The van der Waals surface area contributed by atoms with E-state index in [2.05, 4.69) is 15.5 Å². The molecule has 5 heteroatoms. The summed E-state index contributed by atoms with van der Waals surface area (Å²) in [6, 6.07) is 6.99. The van der Waals surface area contributed by atoms with Gasteiger partial charge in [-0.3, -0.25) is 9.78 Å². The van der Waals surface area contributed by atoms with Crippen molar-refractivity contribution in [2.45, 2.75) is 19.9 Å². The van der Waals surface area contributed by atoms with Crippen LogP contribution in [0.5, 0.6) is 0 Å². The SMILES string of the molecule is Cc1cc(C(=O)N[C@H](C)c2ccccn2)on1. The van der Waals surface area contributed by atoms with Gasteiger partial charge >= 0.3 is 0 Å². The van der Waals surface area contributed by atoms with E-state index >= 15 is 0 Å². The van der Waals surface area contributed by atoms with Gasteiger partial charge in [-0.1, -0.05) is 11.2 Å². The van der Waals surface area contributed by atoms with Gasteiger partial charge in [0, 0.05) is 12.3 Å². The number of nitrogens with zero attached hydrogens (tertiary/aromatic N) is 2. The lowest BCUT2D eigenvalue weighted by molar-refractivity contribution is 0.0902. The fourth-order valence-electron chi connectivity index (χ4n) is 1.44. The van der Waals surface area contributed by atoms with E-state index in [4.69, 9.17) is 4.52 Å². The van der Waals surface area contributed by atoms with Crippen LogP contribution in [0.15, 0.2) is 35.0 Å². The maximum Gasteiger partial charge on any atom is 0.290 e. The number of hydrogen-bond acceptors (Lipinski definition) is 4. The lowest BCUT2D eigenvalue weighted by Crippen LogP contribution is -2.26. The van der Waals surface area contributed by atoms with Crippen molar-refractivity contribution >= 4 is 5.91 Å². The Balaban J connectivity index is 2.04. The first-order valence-electron chi connectivity index (χ1n) is 5.32. The third-order valence-electron chi connectivity index (χ3n) is 2.33. The molecule has 2 aromatic rings. The molecule has 0 aromatic carbocycles. The van der Waals surface area contributed by atoms with E-state index in [1.807, 2.05) is 25.1 Å². The van der Waals surface area contributed by atoms with Crippen LogP contribution < -0.4 is 5.32 Å². The van der Waals surface area contributed by atoms with Crippen molar-refractivity contribution in [2.75, 3.05) is 0 Å². The number of pyridine rings is 1. The summed E-state index contributed by atoms with van der Waals surface area (Å²) in [5.74, 6) is -0.0750. The summed E-state index contributed by atoms with van der Waals surface area (Å²) in [7, 11) is 0. The summed E-state index contributed by atoms with van der Waals surface area (Å²) in [6.07, 6.45) is 1.69. The summed E-state index contributed by atoms with van der Waals surface area (Å²) in [4.78, 5) is 15.9. The minimum atomic E-state index is -0.288. The molecule has 2 rings (SSSR count). The van der Waals surface area contributed by atoms with Gasteiger partial charge in [-0.15, -0.1) is 0 Å². The summed E-state index contributed by atoms with van der Waals surface area (Å²) < 4.78 is 4.88. The molecule has 2 aromatic heterocycles. The molecule has 0 spiro atoms. The minimum Gasteiger partial charge on any atom is -0.351 e. The van der Waals surface area contributed by atoms with E-state index in [1.165, 1.54) is 0 Å². The number of aromatic nitrogens is 2. The van der Waals surface area contributed by atoms with Gasteiger partial charge < -0.3 is 9.84 Å². The monoisotopic (exact) mass is 231 g/mol. The number of nitrogens with one attached hydrogen (secondary N) is 1. The third kappa shape index (κ3) is 2.69. The van der Waals surface area contributed by atoms with Crippen LogP contribution in [0.3, 0.4) is 0 Å². The second kappa shape index (κ2) is 4.78. The minimum absolute atomic E-state index is 0.172. The van der Waals surface area contributed by atoms with Crippen molar-refractivity contribution < 1.29 is 9.32 Å². The Hall–Kier alpha value is -2.17. The van der Waals surface area contributed by atoms with Crippen LogP contribution in [-0.2, 0) is 0 Å². The second-order valence-electron chi connectivity index (χ2n) is 3.78. The van der Waals surface area contributed by atoms with Gasteiger partial charge in [0.1, 0.15) is 0 Å². The Kier molecular flexibility index (Phi) is 3.18. The summed E-state index contributed by atoms with van der Waals surface area (Å²) in [6.45, 7) is 3.63. The van der Waals surface area contributed by atoms with E-state index in [0.717, 1.165) is 5.69 Å². The van der Waals surface area contributed by atoms with E-state index in [-0.39, 0.29) is 17.7 Å². The first-order chi connectivity index (χ1) is 8.16. The third-order valence-corrected chi connectivity index (χ3v) is 2.33. The largest absolute Gasteiger partial charge is 0.351 e. The van der Waals surface area contributed by atoms with Gasteiger partial charge in [0.2, 0.25) is 5.76 Å². The molecular formula is C12H13N3O2. The summed E-state index contributed by atoms with van der Waals surface area (Å²) in [5.41, 5.74) is 1.48. The molecule has 5 nitrogen and oxygen atoms in total. The molecule has 1 N–H and O–H groups in total. The zero-order chi connectivity index (χ0) is 12.3. The van der Waals surface area contributed by atoms with Crippen LogP contribution in [0.25, 0.3) is 0 Å². The molecule has 2 heterocycles. The van der Waals surface area contributed by atoms with Crippen molar-refractivity contribution in [1.82, 2.24) is 15.5 Å². The summed E-state index contributed by atoms with van der Waals surface area (Å²) >= 11 is 0. The molecule has 88 valence electrons. The molecule has 0 aliphatic rings. The van der Waals surface area contributed by atoms with Crippen molar-refractivity contribution in [2.24, 2.45) is 0 Å². The van der Waals surface area contributed by atoms with Gasteiger partial charge in [0.25, 0.3) is 5.91 Å². The molecule has 1 amide bonds. The molecule has 0 unspecified atom stereocenters. The zero-order valence-electron chi connectivity index (χ0n) is 9.68. The van der Waals surface area contributed by atoms with Crippen LogP contribution >= 0.6 is 0 Å². The Labute approximate surface area is 98.8 Å². The molecule has 0 aliphatic carbocycles. The average molecular weight is 231 g/mol. The van der Waals surface area contributed by atoms with Crippen LogP contribution in [0.4, 0.5) is 0 Å². The molecule has 17 heavy (non-hydrogen) atoms. The van der Waals surface area contributed by atoms with Crippen molar-refractivity contribution in [3.05, 3.63) is 47.6 Å². The number of hydrogen-bond donors (Lipinski definition) is 1. The number of amides is 1. The van der Waals surface area contributed by atoms with Crippen LogP contribution in [0.2, 0.25) is 0 Å². The van der Waals surface area contributed by atoms with Crippen molar-refractivity contribution in [3.8, 4) is 0 Å². The topological polar surface area (TPSA) is 68.0 Å². The van der Waals surface area contributed by atoms with Gasteiger partial charge in [0.05, 0.1) is 17.4 Å². The van der Waals surface area contributed by atoms with Crippen LogP contribution in [-0.4, -0.2) is 16.0 Å². The lowest BCUT2D eigenvalue weighted by Gasteiger charge is -2.11. The number of carbonyl (C=O) groups excluding carboxylic acids is 1. The van der Waals surface area contributed by atoms with Crippen LogP contribution in [0.1, 0.15) is 34.9 Å². The smallest absolute Gasteiger partial charge is 0.290 e. The Bertz CT molecular complexity index is 507. The predicted octanol–water partition coefficient (Wildman–Crippen LogP) is 1.87. The molecule has 0 saturated heterocycles. The van der Waals surface area contributed by atoms with Gasteiger partial charge in [-0.25, -0.2) is 0 Å². The molecule has 0 fully saturated rings. The van der Waals surface area contributed by atoms with Gasteiger partial charge in [-0.2, -0.15) is 0 Å². The predicted molar refractivity (Wildman–Crippen MR) is 61.4 cm³/mol. The fraction of sp³-hybridized carbons (Fsp3) is 0.250. The lowest BCUT2D eigenvalue weighted by atomic mass is 10.2. The quantitative estimate of drug-likeness (QED) is 0.875. The number of carbonyl (C=O) groups is 1. The molecule has 0 radical (unpaired) electrons. The van der Waals surface area contributed by atoms with Crippen molar-refractivity contribution in [1.29, 1.82) is 0 Å². The maximum atomic E-state index is 11.8. The Morgan fingerprint density at radius 2 is 2.29 bits per heavy atom. The summed E-state index contributed by atoms with van der Waals surface area (Å²) in [5, 5.41) is 6.46. The molecule has 0 bridgehead atoms. The van der Waals surface area contributed by atoms with E-state index in [1.54, 1.807) is 19.2 Å². The highest BCUT2D eigenvalue weighted by Crippen LogP contribution is 2.10. The number of rotatable bonds is 3. The van der Waals surface area contributed by atoms with Gasteiger partial charge in [-0.05, 0) is 26.0 Å². The van der Waals surface area contributed by atoms with Crippen LogP contribution in [0, 0.1) is 6.92 Å². The standard InChI is InChI=1S/C12H13N3O2/c1-8-7-11(17-15-8)12(16)14-9(2)10-5-3-4-6-13-10/h3-7,9H,1-2H3,(H,14,16)/t9-/m1/s1. The Morgan fingerprint density at radius 3 is 2.88 bits per heavy atom. The molecular weight excluding hydrogens is 218 g/mol. The molecule has 0 saturated carbocycles.